The van der Waals surface area contributed by atoms with E-state index in [1.165, 1.54) is 4.68 Å². The minimum absolute atomic E-state index is 0.147. The molecule has 1 saturated heterocycles. The first kappa shape index (κ1) is 23.7. The smallest absolute Gasteiger partial charge is 0.309 e. The van der Waals surface area contributed by atoms with Crippen LogP contribution in [0, 0.1) is 19.8 Å². The van der Waals surface area contributed by atoms with E-state index in [1.54, 1.807) is 16.5 Å². The van der Waals surface area contributed by atoms with Crippen LogP contribution in [-0.4, -0.2) is 56.0 Å². The monoisotopic (exact) mass is 465 g/mol. The van der Waals surface area contributed by atoms with Crippen molar-refractivity contribution >= 4 is 22.8 Å². The second kappa shape index (κ2) is 9.79. The topological polar surface area (TPSA) is 99.3 Å². The summed E-state index contributed by atoms with van der Waals surface area (Å²) in [5, 5.41) is 9.63. The molecule has 1 aliphatic heterocycles. The maximum Gasteiger partial charge on any atom is 0.309 e. The molecule has 0 saturated carbocycles. The lowest BCUT2D eigenvalue weighted by molar-refractivity contribution is -0.151. The third-order valence-electron chi connectivity index (χ3n) is 6.53. The average Bonchev–Trinajstić information content (AvgIpc) is 3.21. The number of rotatable bonds is 6. The first-order chi connectivity index (χ1) is 16.4. The van der Waals surface area contributed by atoms with Crippen LogP contribution in [0.3, 0.4) is 0 Å². The maximum absolute atomic E-state index is 13.6. The van der Waals surface area contributed by atoms with Gasteiger partial charge in [0.25, 0.3) is 5.56 Å². The Morgan fingerprint density at radius 1 is 1.09 bits per heavy atom. The zero-order chi connectivity index (χ0) is 24.4. The molecule has 2 aromatic heterocycles. The fourth-order valence-electron chi connectivity index (χ4n) is 4.67. The zero-order valence-corrected chi connectivity index (χ0v) is 20.2. The van der Waals surface area contributed by atoms with Gasteiger partial charge in [-0.2, -0.15) is 10.2 Å². The lowest BCUT2D eigenvalue weighted by Gasteiger charge is -2.33. The van der Waals surface area contributed by atoms with E-state index in [9.17, 15) is 14.4 Å². The number of piperidine rings is 1. The summed E-state index contributed by atoms with van der Waals surface area (Å²) < 4.78 is 8.19. The molecule has 1 aromatic carbocycles. The molecular formula is C25H31N5O4. The number of esters is 1. The highest BCUT2D eigenvalue weighted by Gasteiger charge is 2.33. The summed E-state index contributed by atoms with van der Waals surface area (Å²) >= 11 is 0. The van der Waals surface area contributed by atoms with Gasteiger partial charge in [-0.15, -0.1) is 0 Å². The summed E-state index contributed by atoms with van der Waals surface area (Å²) in [6.07, 6.45) is 1.55. The van der Waals surface area contributed by atoms with Crippen LogP contribution >= 0.6 is 0 Å². The lowest BCUT2D eigenvalue weighted by atomic mass is 9.96. The van der Waals surface area contributed by atoms with Crippen LogP contribution in [0.1, 0.15) is 50.5 Å². The van der Waals surface area contributed by atoms with Crippen LogP contribution in [0.25, 0.3) is 16.6 Å². The minimum Gasteiger partial charge on any atom is -0.466 e. The van der Waals surface area contributed by atoms with Gasteiger partial charge in [0.05, 0.1) is 35.0 Å². The van der Waals surface area contributed by atoms with E-state index >= 15 is 0 Å². The largest absolute Gasteiger partial charge is 0.466 e. The first-order valence-corrected chi connectivity index (χ1v) is 11.9. The first-order valence-electron chi connectivity index (χ1n) is 11.9. The van der Waals surface area contributed by atoms with Gasteiger partial charge in [-0.05, 0) is 52.2 Å². The fraction of sp³-hybridized carbons (Fsp3) is 0.480. The number of hydrogen-bond donors (Lipinski definition) is 0. The van der Waals surface area contributed by atoms with Crippen molar-refractivity contribution in [3.63, 3.8) is 0 Å². The maximum atomic E-state index is 13.6. The molecule has 0 radical (unpaired) electrons. The lowest BCUT2D eigenvalue weighted by Crippen LogP contribution is -2.46. The van der Waals surface area contributed by atoms with E-state index in [2.05, 4.69) is 10.2 Å². The van der Waals surface area contributed by atoms with E-state index in [1.807, 2.05) is 51.1 Å². The van der Waals surface area contributed by atoms with Gasteiger partial charge in [0, 0.05) is 13.1 Å². The summed E-state index contributed by atoms with van der Waals surface area (Å²) in [5.74, 6) is -0.534. The second-order valence-corrected chi connectivity index (χ2v) is 8.67. The van der Waals surface area contributed by atoms with Gasteiger partial charge in [-0.25, -0.2) is 9.36 Å². The van der Waals surface area contributed by atoms with Crippen molar-refractivity contribution in [2.24, 2.45) is 5.92 Å². The van der Waals surface area contributed by atoms with Crippen molar-refractivity contribution in [2.45, 2.75) is 53.0 Å². The van der Waals surface area contributed by atoms with Crippen molar-refractivity contribution in [1.29, 1.82) is 0 Å². The van der Waals surface area contributed by atoms with Gasteiger partial charge in [0.1, 0.15) is 11.6 Å². The summed E-state index contributed by atoms with van der Waals surface area (Å²) in [7, 11) is 0. The Morgan fingerprint density at radius 2 is 1.76 bits per heavy atom. The Labute approximate surface area is 198 Å². The standard InChI is InChI=1S/C25H31N5O4/c1-5-20(23(31)28-14-12-18(13-15-28)25(33)34-6-2)30-24(32)21-17(4)29(19-10-8-7-9-11-19)27-22(21)16(3)26-30/h7-11,18,20H,5-6,12-15H2,1-4H3/t20-/m1/s1. The third-order valence-corrected chi connectivity index (χ3v) is 6.53. The van der Waals surface area contributed by atoms with Gasteiger partial charge in [-0.3, -0.25) is 14.4 Å². The van der Waals surface area contributed by atoms with Crippen LogP contribution in [-0.2, 0) is 14.3 Å². The molecule has 3 heterocycles. The predicted molar refractivity (Wildman–Crippen MR) is 128 cm³/mol. The highest BCUT2D eigenvalue weighted by Crippen LogP contribution is 2.24. The number of carbonyl (C=O) groups excluding carboxylic acids is 2. The number of carbonyl (C=O) groups is 2. The zero-order valence-electron chi connectivity index (χ0n) is 20.2. The molecule has 1 fully saturated rings. The van der Waals surface area contributed by atoms with Crippen LogP contribution in [0.15, 0.2) is 35.1 Å². The van der Waals surface area contributed by atoms with Crippen molar-refractivity contribution in [2.75, 3.05) is 19.7 Å². The Kier molecular flexibility index (Phi) is 6.81. The van der Waals surface area contributed by atoms with E-state index in [-0.39, 0.29) is 23.4 Å². The molecule has 1 amide bonds. The van der Waals surface area contributed by atoms with Crippen LogP contribution in [0.5, 0.6) is 0 Å². The van der Waals surface area contributed by atoms with Crippen LogP contribution in [0.4, 0.5) is 0 Å². The van der Waals surface area contributed by atoms with Crippen molar-refractivity contribution in [1.82, 2.24) is 24.5 Å². The molecule has 180 valence electrons. The van der Waals surface area contributed by atoms with Crippen molar-refractivity contribution < 1.29 is 14.3 Å². The number of ether oxygens (including phenoxy) is 1. The molecular weight excluding hydrogens is 434 g/mol. The number of aryl methyl sites for hydroxylation is 2. The Bertz CT molecular complexity index is 1260. The Balaban J connectivity index is 1.65. The Hall–Kier alpha value is -3.49. The van der Waals surface area contributed by atoms with Gasteiger partial charge < -0.3 is 9.64 Å². The molecule has 9 nitrogen and oxygen atoms in total. The normalized spacial score (nSPS) is 15.5. The van der Waals surface area contributed by atoms with Gasteiger partial charge in [-0.1, -0.05) is 25.1 Å². The molecule has 9 heteroatoms. The predicted octanol–water partition coefficient (Wildman–Crippen LogP) is 2.95. The second-order valence-electron chi connectivity index (χ2n) is 8.67. The SMILES string of the molecule is CCOC(=O)C1CCN(C(=O)[C@@H](CC)n2nc(C)c3nn(-c4ccccc4)c(C)c3c2=O)CC1. The number of nitrogens with zero attached hydrogens (tertiary/aromatic N) is 5. The Morgan fingerprint density at radius 3 is 2.38 bits per heavy atom. The molecule has 1 aliphatic rings. The fourth-order valence-corrected chi connectivity index (χ4v) is 4.67. The summed E-state index contributed by atoms with van der Waals surface area (Å²) in [6.45, 7) is 8.60. The highest BCUT2D eigenvalue weighted by atomic mass is 16.5. The highest BCUT2D eigenvalue weighted by molar-refractivity contribution is 5.84. The van der Waals surface area contributed by atoms with E-state index in [0.29, 0.717) is 61.2 Å². The van der Waals surface area contributed by atoms with E-state index in [0.717, 1.165) is 5.69 Å². The minimum atomic E-state index is -0.714. The number of fused-ring (bicyclic) bond motifs is 1. The van der Waals surface area contributed by atoms with Gasteiger partial charge >= 0.3 is 5.97 Å². The van der Waals surface area contributed by atoms with Crippen LogP contribution in [0.2, 0.25) is 0 Å². The molecule has 0 aliphatic carbocycles. The summed E-state index contributed by atoms with van der Waals surface area (Å²) in [5.41, 5.74) is 2.39. The number of likely N-dealkylation sites (tertiary alicyclic amines) is 1. The summed E-state index contributed by atoms with van der Waals surface area (Å²) in [4.78, 5) is 40.8. The molecule has 34 heavy (non-hydrogen) atoms. The van der Waals surface area contributed by atoms with E-state index in [4.69, 9.17) is 4.74 Å². The molecule has 3 aromatic rings. The summed E-state index contributed by atoms with van der Waals surface area (Å²) in [6, 6.07) is 8.91. The van der Waals surface area contributed by atoms with Crippen molar-refractivity contribution in [3.05, 3.63) is 52.1 Å². The molecule has 0 N–H and O–H groups in total. The van der Waals surface area contributed by atoms with Gasteiger partial charge in [0.2, 0.25) is 5.91 Å². The van der Waals surface area contributed by atoms with Gasteiger partial charge in [0.15, 0.2) is 0 Å². The number of hydrogen-bond acceptors (Lipinski definition) is 6. The number of amides is 1. The van der Waals surface area contributed by atoms with Crippen molar-refractivity contribution in [3.8, 4) is 5.69 Å². The quantitative estimate of drug-likeness (QED) is 0.519. The molecule has 0 bridgehead atoms. The van der Waals surface area contributed by atoms with Crippen LogP contribution < -0.4 is 5.56 Å². The molecule has 4 rings (SSSR count). The molecule has 0 unspecified atom stereocenters. The molecule has 1 atom stereocenters. The third kappa shape index (κ3) is 4.22. The molecule has 0 spiro atoms. The number of benzene rings is 1. The number of aromatic nitrogens is 4. The number of para-hydroxylation sites is 1. The van der Waals surface area contributed by atoms with E-state index < -0.39 is 6.04 Å². The average molecular weight is 466 g/mol.